The van der Waals surface area contributed by atoms with E-state index < -0.39 is 5.92 Å². The smallest absolute Gasteiger partial charge is 0.229 e. The number of anilines is 3. The van der Waals surface area contributed by atoms with E-state index in [1.54, 1.807) is 24.0 Å². The molecule has 1 saturated heterocycles. The fourth-order valence-electron chi connectivity index (χ4n) is 3.18. The maximum absolute atomic E-state index is 12.8. The molecule has 2 N–H and O–H groups in total. The van der Waals surface area contributed by atoms with Gasteiger partial charge in [0, 0.05) is 36.4 Å². The van der Waals surface area contributed by atoms with Crippen molar-refractivity contribution < 1.29 is 14.4 Å². The molecule has 2 aromatic carbocycles. The topological polar surface area (TPSA) is 78.5 Å². The van der Waals surface area contributed by atoms with Crippen LogP contribution in [0.5, 0.6) is 0 Å². The summed E-state index contributed by atoms with van der Waals surface area (Å²) in [7, 11) is 0. The van der Waals surface area contributed by atoms with E-state index in [9.17, 15) is 14.4 Å². The second-order valence-corrected chi connectivity index (χ2v) is 7.16. The fourth-order valence-corrected chi connectivity index (χ4v) is 3.18. The van der Waals surface area contributed by atoms with Crippen LogP contribution in [0.4, 0.5) is 17.1 Å². The Kier molecular flexibility index (Phi) is 5.78. The highest BCUT2D eigenvalue weighted by Crippen LogP contribution is 2.27. The van der Waals surface area contributed by atoms with Crippen molar-refractivity contribution in [1.29, 1.82) is 0 Å². The number of amides is 3. The number of rotatable bonds is 5. The molecule has 0 aromatic heterocycles. The zero-order valence-corrected chi connectivity index (χ0v) is 16.4. The van der Waals surface area contributed by atoms with E-state index in [-0.39, 0.29) is 24.1 Å². The molecule has 1 aliphatic rings. The molecule has 3 rings (SSSR count). The van der Waals surface area contributed by atoms with Crippen molar-refractivity contribution in [3.8, 4) is 0 Å². The Hall–Kier alpha value is -3.15. The highest BCUT2D eigenvalue weighted by Gasteiger charge is 2.35. The van der Waals surface area contributed by atoms with Gasteiger partial charge in [-0.1, -0.05) is 30.7 Å². The zero-order chi connectivity index (χ0) is 20.3. The molecular formula is C22H25N3O3. The maximum Gasteiger partial charge on any atom is 0.229 e. The van der Waals surface area contributed by atoms with Crippen molar-refractivity contribution >= 4 is 34.8 Å². The van der Waals surface area contributed by atoms with Crippen LogP contribution in [0, 0.1) is 19.8 Å². The Morgan fingerprint density at radius 1 is 1.07 bits per heavy atom. The highest BCUT2D eigenvalue weighted by molar-refractivity contribution is 6.04. The van der Waals surface area contributed by atoms with Crippen molar-refractivity contribution in [1.82, 2.24) is 0 Å². The summed E-state index contributed by atoms with van der Waals surface area (Å²) < 4.78 is 0. The van der Waals surface area contributed by atoms with Gasteiger partial charge in [-0.25, -0.2) is 0 Å². The third-order valence-electron chi connectivity index (χ3n) is 4.94. The maximum atomic E-state index is 12.8. The molecule has 28 heavy (non-hydrogen) atoms. The van der Waals surface area contributed by atoms with E-state index in [1.165, 1.54) is 0 Å². The van der Waals surface area contributed by atoms with Gasteiger partial charge in [0.25, 0.3) is 0 Å². The predicted molar refractivity (Wildman–Crippen MR) is 110 cm³/mol. The van der Waals surface area contributed by atoms with E-state index in [1.807, 2.05) is 44.2 Å². The molecule has 0 aliphatic carbocycles. The van der Waals surface area contributed by atoms with Crippen LogP contribution in [0.1, 0.15) is 30.9 Å². The largest absolute Gasteiger partial charge is 0.326 e. The first-order valence-electron chi connectivity index (χ1n) is 9.45. The summed E-state index contributed by atoms with van der Waals surface area (Å²) in [5, 5.41) is 5.71. The highest BCUT2D eigenvalue weighted by atomic mass is 16.2. The first-order valence-corrected chi connectivity index (χ1v) is 9.45. The van der Waals surface area contributed by atoms with Crippen LogP contribution >= 0.6 is 0 Å². The van der Waals surface area contributed by atoms with Gasteiger partial charge in [-0.15, -0.1) is 0 Å². The van der Waals surface area contributed by atoms with Gasteiger partial charge in [0.15, 0.2) is 0 Å². The first-order chi connectivity index (χ1) is 13.4. The molecule has 1 atom stereocenters. The molecule has 1 aliphatic heterocycles. The Morgan fingerprint density at radius 3 is 2.46 bits per heavy atom. The molecular weight excluding hydrogens is 354 g/mol. The lowest BCUT2D eigenvalue weighted by atomic mass is 10.1. The summed E-state index contributed by atoms with van der Waals surface area (Å²) in [5.41, 5.74) is 4.10. The molecule has 146 valence electrons. The van der Waals surface area contributed by atoms with E-state index in [4.69, 9.17) is 0 Å². The van der Waals surface area contributed by atoms with Gasteiger partial charge >= 0.3 is 0 Å². The number of hydrogen-bond donors (Lipinski definition) is 2. The molecule has 1 unspecified atom stereocenters. The minimum atomic E-state index is -0.415. The summed E-state index contributed by atoms with van der Waals surface area (Å²) in [6.45, 7) is 6.02. The molecule has 0 saturated carbocycles. The molecule has 0 spiro atoms. The second kappa shape index (κ2) is 8.25. The van der Waals surface area contributed by atoms with Gasteiger partial charge in [0.2, 0.25) is 17.7 Å². The number of benzene rings is 2. The van der Waals surface area contributed by atoms with Crippen LogP contribution in [-0.4, -0.2) is 24.3 Å². The molecule has 0 radical (unpaired) electrons. The van der Waals surface area contributed by atoms with Gasteiger partial charge < -0.3 is 15.5 Å². The van der Waals surface area contributed by atoms with Crippen LogP contribution < -0.4 is 15.5 Å². The molecule has 6 heteroatoms. The monoisotopic (exact) mass is 379 g/mol. The van der Waals surface area contributed by atoms with Crippen LogP contribution in [0.15, 0.2) is 42.5 Å². The van der Waals surface area contributed by atoms with Gasteiger partial charge in [0.05, 0.1) is 5.92 Å². The molecule has 0 bridgehead atoms. The quantitative estimate of drug-likeness (QED) is 0.832. The number of nitrogens with one attached hydrogen (secondary N) is 2. The van der Waals surface area contributed by atoms with Crippen molar-refractivity contribution in [3.63, 3.8) is 0 Å². The van der Waals surface area contributed by atoms with Gasteiger partial charge in [-0.3, -0.25) is 14.4 Å². The van der Waals surface area contributed by atoms with Crippen molar-refractivity contribution in [2.75, 3.05) is 22.1 Å². The summed E-state index contributed by atoms with van der Waals surface area (Å²) in [5.74, 6) is -0.743. The van der Waals surface area contributed by atoms with Gasteiger partial charge in [-0.05, 0) is 43.7 Å². The van der Waals surface area contributed by atoms with Gasteiger partial charge in [0.1, 0.15) is 0 Å². The molecule has 1 heterocycles. The summed E-state index contributed by atoms with van der Waals surface area (Å²) in [4.78, 5) is 38.4. The zero-order valence-electron chi connectivity index (χ0n) is 16.4. The van der Waals surface area contributed by atoms with Crippen LogP contribution in [0.3, 0.4) is 0 Å². The SMILES string of the molecule is CCC(=O)Nc1ccc(C)c(NC(=O)C2CC(=O)N(c3ccc(C)cc3)C2)c1. The van der Waals surface area contributed by atoms with E-state index >= 15 is 0 Å². The normalized spacial score (nSPS) is 16.2. The number of hydrogen-bond acceptors (Lipinski definition) is 3. The predicted octanol–water partition coefficient (Wildman–Crippen LogP) is 3.64. The molecule has 3 amide bonds. The summed E-state index contributed by atoms with van der Waals surface area (Å²) in [6, 6.07) is 13.1. The second-order valence-electron chi connectivity index (χ2n) is 7.16. The third-order valence-corrected chi connectivity index (χ3v) is 4.94. The first kappa shape index (κ1) is 19.6. The molecule has 2 aromatic rings. The minimum absolute atomic E-state index is 0.0512. The summed E-state index contributed by atoms with van der Waals surface area (Å²) in [6.07, 6.45) is 0.569. The van der Waals surface area contributed by atoms with Gasteiger partial charge in [-0.2, -0.15) is 0 Å². The lowest BCUT2D eigenvalue weighted by Gasteiger charge is -2.17. The third kappa shape index (κ3) is 4.39. The number of aryl methyl sites for hydroxylation is 2. The van der Waals surface area contributed by atoms with E-state index in [2.05, 4.69) is 10.6 Å². The summed E-state index contributed by atoms with van der Waals surface area (Å²) >= 11 is 0. The number of carbonyl (C=O) groups is 3. The van der Waals surface area contributed by atoms with Crippen LogP contribution in [0.2, 0.25) is 0 Å². The standard InChI is InChI=1S/C22H25N3O3/c1-4-20(26)23-17-8-7-15(3)19(12-17)24-22(28)16-11-21(27)25(13-16)18-9-5-14(2)6-10-18/h5-10,12,16H,4,11,13H2,1-3H3,(H,23,26)(H,24,28). The number of nitrogens with zero attached hydrogens (tertiary/aromatic N) is 1. The van der Waals surface area contributed by atoms with E-state index in [0.717, 1.165) is 16.8 Å². The Bertz CT molecular complexity index is 906. The van der Waals surface area contributed by atoms with Crippen LogP contribution in [0.25, 0.3) is 0 Å². The fraction of sp³-hybridized carbons (Fsp3) is 0.318. The minimum Gasteiger partial charge on any atom is -0.326 e. The average molecular weight is 379 g/mol. The Labute approximate surface area is 164 Å². The van der Waals surface area contributed by atoms with Crippen molar-refractivity contribution in [2.45, 2.75) is 33.6 Å². The van der Waals surface area contributed by atoms with Crippen molar-refractivity contribution in [2.24, 2.45) is 5.92 Å². The Balaban J connectivity index is 1.70. The molecule has 6 nitrogen and oxygen atoms in total. The van der Waals surface area contributed by atoms with E-state index in [0.29, 0.717) is 24.3 Å². The van der Waals surface area contributed by atoms with Crippen LogP contribution in [-0.2, 0) is 14.4 Å². The number of carbonyl (C=O) groups excluding carboxylic acids is 3. The average Bonchev–Trinajstić information content (AvgIpc) is 3.07. The molecule has 1 fully saturated rings. The van der Waals surface area contributed by atoms with Crippen molar-refractivity contribution in [3.05, 3.63) is 53.6 Å². The lowest BCUT2D eigenvalue weighted by Crippen LogP contribution is -2.28. The Morgan fingerprint density at radius 2 is 1.79 bits per heavy atom. The lowest BCUT2D eigenvalue weighted by molar-refractivity contribution is -0.122.